The third-order valence-electron chi connectivity index (χ3n) is 4.33. The number of aromatic nitrogens is 3. The van der Waals surface area contributed by atoms with Crippen molar-refractivity contribution >= 4 is 33.3 Å². The van der Waals surface area contributed by atoms with Crippen molar-refractivity contribution in [3.05, 3.63) is 76.6 Å². The summed E-state index contributed by atoms with van der Waals surface area (Å²) in [5.41, 5.74) is 5.20. The zero-order chi connectivity index (χ0) is 22.2. The molecule has 0 aliphatic heterocycles. The van der Waals surface area contributed by atoms with Gasteiger partial charge in [-0.2, -0.15) is 13.4 Å². The van der Waals surface area contributed by atoms with Crippen molar-refractivity contribution in [2.24, 2.45) is 0 Å². The molecule has 0 saturated carbocycles. The summed E-state index contributed by atoms with van der Waals surface area (Å²) < 4.78 is 29.1. The van der Waals surface area contributed by atoms with Crippen molar-refractivity contribution in [3.8, 4) is 17.3 Å². The topological polar surface area (TPSA) is 172 Å². The van der Waals surface area contributed by atoms with E-state index in [-0.39, 0.29) is 66.9 Å². The van der Waals surface area contributed by atoms with Gasteiger partial charge in [0.15, 0.2) is 0 Å². The quantitative estimate of drug-likeness (QED) is 0.212. The van der Waals surface area contributed by atoms with Crippen molar-refractivity contribution in [2.45, 2.75) is 0 Å². The smallest absolute Gasteiger partial charge is 0.323 e. The number of imidazole rings is 1. The molecular formula is C19H16AcN6O5S. The molecule has 0 unspecified atom stereocenters. The van der Waals surface area contributed by atoms with Crippen LogP contribution in [0.4, 0.5) is 11.5 Å². The van der Waals surface area contributed by atoms with Gasteiger partial charge in [0.05, 0.1) is 5.69 Å². The molecule has 0 aliphatic rings. The molecule has 0 aliphatic carbocycles. The molecule has 2 heterocycles. The van der Waals surface area contributed by atoms with Crippen molar-refractivity contribution in [1.29, 1.82) is 0 Å². The van der Waals surface area contributed by atoms with Crippen LogP contribution in [0.15, 0.2) is 65.5 Å². The Kier molecular flexibility index (Phi) is 6.92. The molecule has 2 aromatic heterocycles. The molecule has 2 aromatic carbocycles. The predicted molar refractivity (Wildman–Crippen MR) is 114 cm³/mol. The third kappa shape index (κ3) is 4.64. The Morgan fingerprint density at radius 2 is 1.66 bits per heavy atom. The van der Waals surface area contributed by atoms with Crippen LogP contribution in [0.2, 0.25) is 0 Å². The van der Waals surface area contributed by atoms with Gasteiger partial charge in [-0.15, -0.1) is 0 Å². The SMILES string of the molecule is Nc1[nH]c2c(-c3ccccc3)nc(O)n2c(=O)c1C(=O)NS(=O)(=O)Nc1ccccc1.[Ac]. The van der Waals surface area contributed by atoms with Gasteiger partial charge in [0.1, 0.15) is 22.7 Å². The van der Waals surface area contributed by atoms with Crippen molar-refractivity contribution in [2.75, 3.05) is 10.5 Å². The number of hydrogen-bond acceptors (Lipinski definition) is 7. The minimum absolute atomic E-state index is 0. The Bertz CT molecular complexity index is 1450. The van der Waals surface area contributed by atoms with E-state index in [4.69, 9.17) is 5.73 Å². The van der Waals surface area contributed by atoms with Crippen molar-refractivity contribution in [3.63, 3.8) is 0 Å². The van der Waals surface area contributed by atoms with Crippen molar-refractivity contribution < 1.29 is 62.4 Å². The number of rotatable bonds is 5. The minimum Gasteiger partial charge on any atom is -0.480 e. The minimum atomic E-state index is -4.36. The fourth-order valence-corrected chi connectivity index (χ4v) is 3.85. The van der Waals surface area contributed by atoms with E-state index >= 15 is 0 Å². The van der Waals surface area contributed by atoms with Crippen LogP contribution in [0.1, 0.15) is 10.4 Å². The number of nitrogens with one attached hydrogen (secondary N) is 3. The number of fused-ring (bicyclic) bond motifs is 1. The van der Waals surface area contributed by atoms with E-state index in [1.165, 1.54) is 12.1 Å². The summed E-state index contributed by atoms with van der Waals surface area (Å²) in [4.78, 5) is 32.1. The van der Waals surface area contributed by atoms with E-state index in [0.29, 0.717) is 5.56 Å². The number of H-pyrrole nitrogens is 1. The second-order valence-electron chi connectivity index (χ2n) is 6.43. The summed E-state index contributed by atoms with van der Waals surface area (Å²) >= 11 is 0. The first-order valence-electron chi connectivity index (χ1n) is 8.85. The monoisotopic (exact) mass is 667 g/mol. The first kappa shape index (κ1) is 23.8. The van der Waals surface area contributed by atoms with Gasteiger partial charge < -0.3 is 15.8 Å². The van der Waals surface area contributed by atoms with Gasteiger partial charge in [-0.05, 0) is 12.1 Å². The molecule has 13 heteroatoms. The molecule has 0 bridgehead atoms. The van der Waals surface area contributed by atoms with Gasteiger partial charge in [0.25, 0.3) is 11.5 Å². The van der Waals surface area contributed by atoms with Gasteiger partial charge in [0.2, 0.25) is 0 Å². The number of amides is 1. The molecule has 32 heavy (non-hydrogen) atoms. The number of carbonyl (C=O) groups excluding carboxylic acids is 1. The molecule has 4 rings (SSSR count). The van der Waals surface area contributed by atoms with Crippen LogP contribution < -0.4 is 20.7 Å². The maximum Gasteiger partial charge on any atom is 0.323 e. The number of aromatic amines is 1. The number of para-hydroxylation sites is 1. The van der Waals surface area contributed by atoms with Gasteiger partial charge in [-0.25, -0.2) is 9.12 Å². The molecule has 1 radical (unpaired) electrons. The van der Waals surface area contributed by atoms with Gasteiger partial charge in [-0.1, -0.05) is 48.5 Å². The Morgan fingerprint density at radius 1 is 1.06 bits per heavy atom. The zero-order valence-corrected chi connectivity index (χ0v) is 21.9. The summed E-state index contributed by atoms with van der Waals surface area (Å²) in [7, 11) is -4.36. The van der Waals surface area contributed by atoms with E-state index < -0.39 is 33.2 Å². The fourth-order valence-electron chi connectivity index (χ4n) is 3.01. The molecule has 161 valence electrons. The Labute approximate surface area is 217 Å². The van der Waals surface area contributed by atoms with Crippen LogP contribution >= 0.6 is 0 Å². The number of carbonyl (C=O) groups is 1. The van der Waals surface area contributed by atoms with Crippen LogP contribution in [0.5, 0.6) is 6.01 Å². The second-order valence-corrected chi connectivity index (χ2v) is 7.85. The summed E-state index contributed by atoms with van der Waals surface area (Å²) in [6.45, 7) is 0. The molecule has 11 nitrogen and oxygen atoms in total. The largest absolute Gasteiger partial charge is 0.480 e. The number of hydrogen-bond donors (Lipinski definition) is 5. The van der Waals surface area contributed by atoms with Crippen LogP contribution in [-0.2, 0) is 10.2 Å². The Hall–Kier alpha value is -2.88. The number of nitrogens with zero attached hydrogens (tertiary/aromatic N) is 2. The molecule has 1 amide bonds. The fraction of sp³-hybridized carbons (Fsp3) is 0. The molecule has 6 N–H and O–H groups in total. The summed E-state index contributed by atoms with van der Waals surface area (Å²) in [6.07, 6.45) is 0. The van der Waals surface area contributed by atoms with E-state index in [9.17, 15) is 23.1 Å². The number of nitrogen functional groups attached to an aromatic ring is 1. The summed E-state index contributed by atoms with van der Waals surface area (Å²) in [5, 5.41) is 10.2. The maximum atomic E-state index is 12.9. The van der Waals surface area contributed by atoms with Gasteiger partial charge >= 0.3 is 16.2 Å². The van der Waals surface area contributed by atoms with Crippen LogP contribution in [-0.4, -0.2) is 33.8 Å². The molecule has 0 saturated heterocycles. The first-order chi connectivity index (χ1) is 14.8. The number of nitrogens with two attached hydrogens (primary N) is 1. The normalized spacial score (nSPS) is 11.0. The van der Waals surface area contributed by atoms with Crippen LogP contribution in [0, 0.1) is 44.1 Å². The van der Waals surface area contributed by atoms with E-state index in [1.54, 1.807) is 53.3 Å². The van der Waals surface area contributed by atoms with Crippen molar-refractivity contribution in [1.82, 2.24) is 19.1 Å². The average molecular weight is 667 g/mol. The average Bonchev–Trinajstić information content (AvgIpc) is 3.05. The zero-order valence-electron chi connectivity index (χ0n) is 16.3. The second kappa shape index (κ2) is 9.32. The standard InChI is InChI=1S/C19H16N6O5S.Ac/c20-15-13(17(26)24-31(29,30)23-12-9-5-2-6-10-12)18(27)25-16(22-15)14(21-19(25)28)11-7-3-1-4-8-11;/h1-10,22-23H,20H2,(H,21,28)(H,24,26);. The number of benzene rings is 2. The number of aromatic hydroxyl groups is 1. The van der Waals surface area contributed by atoms with Gasteiger partial charge in [-0.3, -0.25) is 14.3 Å². The van der Waals surface area contributed by atoms with Crippen LogP contribution in [0.3, 0.4) is 0 Å². The maximum absolute atomic E-state index is 12.9. The Morgan fingerprint density at radius 3 is 2.28 bits per heavy atom. The molecule has 0 spiro atoms. The van der Waals surface area contributed by atoms with E-state index in [0.717, 1.165) is 4.40 Å². The van der Waals surface area contributed by atoms with E-state index in [1.807, 2.05) is 0 Å². The van der Waals surface area contributed by atoms with Crippen LogP contribution in [0.25, 0.3) is 16.9 Å². The predicted octanol–water partition coefficient (Wildman–Crippen LogP) is 1.06. The molecular weight excluding hydrogens is 651 g/mol. The molecule has 0 fully saturated rings. The number of anilines is 2. The summed E-state index contributed by atoms with van der Waals surface area (Å²) in [5.74, 6) is -1.67. The first-order valence-corrected chi connectivity index (χ1v) is 10.3. The molecule has 0 atom stereocenters. The molecule has 4 aromatic rings. The summed E-state index contributed by atoms with van der Waals surface area (Å²) in [6, 6.07) is 15.8. The van der Waals surface area contributed by atoms with Gasteiger partial charge in [0, 0.05) is 49.6 Å². The van der Waals surface area contributed by atoms with E-state index in [2.05, 4.69) is 14.7 Å². The third-order valence-corrected chi connectivity index (χ3v) is 5.28. The Balaban J connectivity index is 0.00000289.